The minimum Gasteiger partial charge on any atom is -0.339 e. The van der Waals surface area contributed by atoms with Crippen LogP contribution in [0.15, 0.2) is 0 Å². The molecule has 20 heavy (non-hydrogen) atoms. The number of carbonyl (C=O) groups is 1. The van der Waals surface area contributed by atoms with Gasteiger partial charge >= 0.3 is 0 Å². The van der Waals surface area contributed by atoms with E-state index in [4.69, 9.17) is 5.73 Å². The summed E-state index contributed by atoms with van der Waals surface area (Å²) in [5.74, 6) is 0.0921. The van der Waals surface area contributed by atoms with E-state index in [1.54, 1.807) is 6.92 Å². The number of halogens is 1. The molecule has 0 radical (unpaired) electrons. The third-order valence-corrected chi connectivity index (χ3v) is 4.46. The SMILES string of the molecule is C[C@@H](N)C(=O)N1CCN(CC2CCCCN2C)CC1.Cl. The van der Waals surface area contributed by atoms with Crippen LogP contribution in [0.3, 0.4) is 0 Å². The van der Waals surface area contributed by atoms with Crippen LogP contribution in [0.2, 0.25) is 0 Å². The Morgan fingerprint density at radius 2 is 1.85 bits per heavy atom. The summed E-state index contributed by atoms with van der Waals surface area (Å²) >= 11 is 0. The first-order valence-electron chi connectivity index (χ1n) is 7.55. The fourth-order valence-electron chi connectivity index (χ4n) is 3.11. The predicted molar refractivity (Wildman–Crippen MR) is 84.2 cm³/mol. The summed E-state index contributed by atoms with van der Waals surface area (Å²) < 4.78 is 0. The Morgan fingerprint density at radius 3 is 2.40 bits per heavy atom. The van der Waals surface area contributed by atoms with Crippen molar-refractivity contribution in [2.24, 2.45) is 5.73 Å². The van der Waals surface area contributed by atoms with E-state index in [0.29, 0.717) is 6.04 Å². The van der Waals surface area contributed by atoms with Crippen LogP contribution in [-0.2, 0) is 4.79 Å². The van der Waals surface area contributed by atoms with Crippen LogP contribution < -0.4 is 5.73 Å². The highest BCUT2D eigenvalue weighted by atomic mass is 35.5. The largest absolute Gasteiger partial charge is 0.339 e. The van der Waals surface area contributed by atoms with Gasteiger partial charge in [0, 0.05) is 38.8 Å². The van der Waals surface area contributed by atoms with Crippen LogP contribution in [-0.4, -0.2) is 79.0 Å². The third kappa shape index (κ3) is 4.58. The molecule has 0 aromatic rings. The zero-order valence-electron chi connectivity index (χ0n) is 12.8. The Labute approximate surface area is 128 Å². The molecule has 0 aromatic carbocycles. The molecule has 0 spiro atoms. The highest BCUT2D eigenvalue weighted by Gasteiger charge is 2.26. The number of hydrogen-bond donors (Lipinski definition) is 1. The molecule has 2 rings (SSSR count). The average molecular weight is 305 g/mol. The van der Waals surface area contributed by atoms with Crippen molar-refractivity contribution < 1.29 is 4.79 Å². The monoisotopic (exact) mass is 304 g/mol. The molecule has 0 saturated carbocycles. The Bertz CT molecular complexity index is 306. The number of piperidine rings is 1. The molecular weight excluding hydrogens is 276 g/mol. The molecule has 0 bridgehead atoms. The number of carbonyl (C=O) groups excluding carboxylic acids is 1. The quantitative estimate of drug-likeness (QED) is 0.819. The van der Waals surface area contributed by atoms with Gasteiger partial charge in [0.15, 0.2) is 0 Å². The Kier molecular flexibility index (Phi) is 7.23. The van der Waals surface area contributed by atoms with Crippen molar-refractivity contribution in [3.8, 4) is 0 Å². The topological polar surface area (TPSA) is 52.8 Å². The van der Waals surface area contributed by atoms with Crippen molar-refractivity contribution in [2.75, 3.05) is 46.3 Å². The summed E-state index contributed by atoms with van der Waals surface area (Å²) in [6.07, 6.45) is 4.01. The second-order valence-corrected chi connectivity index (χ2v) is 6.04. The van der Waals surface area contributed by atoms with Crippen molar-refractivity contribution in [3.63, 3.8) is 0 Å². The van der Waals surface area contributed by atoms with Crippen LogP contribution in [0.4, 0.5) is 0 Å². The number of amides is 1. The van der Waals surface area contributed by atoms with Gasteiger partial charge in [-0.25, -0.2) is 0 Å². The molecule has 0 aromatic heterocycles. The van der Waals surface area contributed by atoms with Crippen LogP contribution in [0.25, 0.3) is 0 Å². The van der Waals surface area contributed by atoms with Crippen molar-refractivity contribution >= 4 is 18.3 Å². The molecule has 118 valence electrons. The standard InChI is InChI=1S/C14H28N4O.ClH/c1-12(15)14(19)18-9-7-17(8-10-18)11-13-5-3-4-6-16(13)2;/h12-13H,3-11,15H2,1-2H3;1H/t12-,13?;/m1./s1. The van der Waals surface area contributed by atoms with Crippen LogP contribution >= 0.6 is 12.4 Å². The maximum atomic E-state index is 11.8. The molecule has 2 saturated heterocycles. The molecule has 1 amide bonds. The number of piperazine rings is 1. The van der Waals surface area contributed by atoms with Gasteiger partial charge in [0.2, 0.25) is 5.91 Å². The van der Waals surface area contributed by atoms with E-state index >= 15 is 0 Å². The smallest absolute Gasteiger partial charge is 0.239 e. The Morgan fingerprint density at radius 1 is 1.20 bits per heavy atom. The van der Waals surface area contributed by atoms with Crippen molar-refractivity contribution in [1.82, 2.24) is 14.7 Å². The highest BCUT2D eigenvalue weighted by Crippen LogP contribution is 2.16. The van der Waals surface area contributed by atoms with E-state index in [2.05, 4.69) is 16.8 Å². The lowest BCUT2D eigenvalue weighted by Crippen LogP contribution is -2.55. The predicted octanol–water partition coefficient (Wildman–Crippen LogP) is 0.384. The molecule has 2 N–H and O–H groups in total. The van der Waals surface area contributed by atoms with Gasteiger partial charge < -0.3 is 15.5 Å². The Balaban J connectivity index is 0.00000200. The second-order valence-electron chi connectivity index (χ2n) is 6.04. The number of likely N-dealkylation sites (tertiary alicyclic amines) is 1. The zero-order chi connectivity index (χ0) is 13.8. The minimum atomic E-state index is -0.365. The summed E-state index contributed by atoms with van der Waals surface area (Å²) in [4.78, 5) is 18.7. The van der Waals surface area contributed by atoms with Crippen LogP contribution in [0, 0.1) is 0 Å². The van der Waals surface area contributed by atoms with Gasteiger partial charge in [-0.3, -0.25) is 9.69 Å². The van der Waals surface area contributed by atoms with E-state index in [0.717, 1.165) is 32.7 Å². The normalized spacial score (nSPS) is 26.9. The molecule has 2 heterocycles. The van der Waals surface area contributed by atoms with E-state index < -0.39 is 0 Å². The fraction of sp³-hybridized carbons (Fsp3) is 0.929. The second kappa shape index (κ2) is 8.17. The van der Waals surface area contributed by atoms with Crippen molar-refractivity contribution in [1.29, 1.82) is 0 Å². The molecule has 2 aliphatic heterocycles. The molecule has 5 nitrogen and oxygen atoms in total. The molecular formula is C14H29ClN4O. The van der Waals surface area contributed by atoms with Crippen molar-refractivity contribution in [2.45, 2.75) is 38.3 Å². The van der Waals surface area contributed by atoms with Gasteiger partial charge in [-0.1, -0.05) is 6.42 Å². The summed E-state index contributed by atoms with van der Waals surface area (Å²) in [5, 5.41) is 0. The summed E-state index contributed by atoms with van der Waals surface area (Å²) in [6.45, 7) is 7.79. The number of nitrogens with two attached hydrogens (primary N) is 1. The Hall–Kier alpha value is -0.360. The first-order valence-corrected chi connectivity index (χ1v) is 7.55. The zero-order valence-corrected chi connectivity index (χ0v) is 13.6. The first kappa shape index (κ1) is 17.7. The lowest BCUT2D eigenvalue weighted by atomic mass is 10.0. The van der Waals surface area contributed by atoms with Crippen molar-refractivity contribution in [3.05, 3.63) is 0 Å². The van der Waals surface area contributed by atoms with Gasteiger partial charge in [0.05, 0.1) is 6.04 Å². The number of nitrogens with zero attached hydrogens (tertiary/aromatic N) is 3. The summed E-state index contributed by atoms with van der Waals surface area (Å²) in [5.41, 5.74) is 5.66. The van der Waals surface area contributed by atoms with E-state index in [1.807, 2.05) is 4.90 Å². The molecule has 2 atom stereocenters. The van der Waals surface area contributed by atoms with E-state index in [1.165, 1.54) is 25.8 Å². The highest BCUT2D eigenvalue weighted by molar-refractivity contribution is 5.85. The molecule has 2 aliphatic rings. The summed E-state index contributed by atoms with van der Waals surface area (Å²) in [7, 11) is 2.24. The van der Waals surface area contributed by atoms with Gasteiger partial charge in [0.25, 0.3) is 0 Å². The molecule has 1 unspecified atom stereocenters. The minimum absolute atomic E-state index is 0. The number of likely N-dealkylation sites (N-methyl/N-ethyl adjacent to an activating group) is 1. The van der Waals surface area contributed by atoms with Crippen LogP contribution in [0.5, 0.6) is 0 Å². The number of hydrogen-bond acceptors (Lipinski definition) is 4. The fourth-order valence-corrected chi connectivity index (χ4v) is 3.11. The molecule has 6 heteroatoms. The van der Waals surface area contributed by atoms with E-state index in [9.17, 15) is 4.79 Å². The molecule has 0 aliphatic carbocycles. The molecule has 2 fully saturated rings. The van der Waals surface area contributed by atoms with Gasteiger partial charge in [-0.05, 0) is 33.4 Å². The number of rotatable bonds is 3. The third-order valence-electron chi connectivity index (χ3n) is 4.46. The summed E-state index contributed by atoms with van der Waals surface area (Å²) in [6, 6.07) is 0.334. The van der Waals surface area contributed by atoms with Gasteiger partial charge in [-0.15, -0.1) is 12.4 Å². The lowest BCUT2D eigenvalue weighted by Gasteiger charge is -2.40. The van der Waals surface area contributed by atoms with E-state index in [-0.39, 0.29) is 24.4 Å². The van der Waals surface area contributed by atoms with Crippen LogP contribution in [0.1, 0.15) is 26.2 Å². The maximum Gasteiger partial charge on any atom is 0.239 e. The lowest BCUT2D eigenvalue weighted by molar-refractivity contribution is -0.134. The maximum absolute atomic E-state index is 11.8. The first-order chi connectivity index (χ1) is 9.08. The average Bonchev–Trinajstić information content (AvgIpc) is 2.41. The van der Waals surface area contributed by atoms with Gasteiger partial charge in [-0.2, -0.15) is 0 Å². The van der Waals surface area contributed by atoms with Gasteiger partial charge in [0.1, 0.15) is 0 Å².